The molecule has 112 valence electrons. The number of carbonyl (C=O) groups is 1. The lowest BCUT2D eigenvalue weighted by Gasteiger charge is -2.18. The molecule has 1 N–H and O–H groups in total. The van der Waals surface area contributed by atoms with Gasteiger partial charge >= 0.3 is 5.97 Å². The van der Waals surface area contributed by atoms with Crippen molar-refractivity contribution in [1.29, 1.82) is 0 Å². The van der Waals surface area contributed by atoms with Crippen molar-refractivity contribution in [3.05, 3.63) is 29.6 Å². The summed E-state index contributed by atoms with van der Waals surface area (Å²) in [5.41, 5.74) is 0.677. The Morgan fingerprint density at radius 2 is 2.25 bits per heavy atom. The summed E-state index contributed by atoms with van der Waals surface area (Å²) in [6.07, 6.45) is 1.33. The van der Waals surface area contributed by atoms with E-state index in [1.807, 2.05) is 13.0 Å². The summed E-state index contributed by atoms with van der Waals surface area (Å²) in [6.45, 7) is 4.88. The molecular weight excluding hydrogens is 277 g/mol. The van der Waals surface area contributed by atoms with Gasteiger partial charge in [0.2, 0.25) is 0 Å². The zero-order valence-corrected chi connectivity index (χ0v) is 13.1. The zero-order valence-electron chi connectivity index (χ0n) is 12.2. The molecule has 0 heterocycles. The quantitative estimate of drug-likeness (QED) is 0.588. The van der Waals surface area contributed by atoms with Crippen LogP contribution in [-0.4, -0.2) is 25.4 Å². The third kappa shape index (κ3) is 5.13. The second kappa shape index (κ2) is 8.97. The first-order valence-corrected chi connectivity index (χ1v) is 7.80. The summed E-state index contributed by atoms with van der Waals surface area (Å²) in [7, 11) is 1.37. The molecule has 0 aromatic heterocycles. The molecule has 0 amide bonds. The van der Waals surface area contributed by atoms with Gasteiger partial charge in [0, 0.05) is 22.3 Å². The number of hydrogen-bond acceptors (Lipinski definition) is 4. The zero-order chi connectivity index (χ0) is 15.0. The molecule has 5 heteroatoms. The number of hydrogen-bond donors (Lipinski definition) is 1. The van der Waals surface area contributed by atoms with Crippen molar-refractivity contribution in [2.75, 3.05) is 19.4 Å². The average molecular weight is 299 g/mol. The molecule has 1 atom stereocenters. The number of methoxy groups -OCH3 is 1. The van der Waals surface area contributed by atoms with E-state index in [1.165, 1.54) is 24.9 Å². The van der Waals surface area contributed by atoms with Crippen molar-refractivity contribution in [3.8, 4) is 0 Å². The highest BCUT2D eigenvalue weighted by atomic mass is 32.2. The number of benzene rings is 1. The summed E-state index contributed by atoms with van der Waals surface area (Å²) in [5.74, 6) is 0.140. The van der Waals surface area contributed by atoms with Gasteiger partial charge in [-0.15, -0.1) is 11.8 Å². The number of ether oxygens (including phenoxy) is 1. The van der Waals surface area contributed by atoms with E-state index in [0.29, 0.717) is 17.7 Å². The second-order valence-electron chi connectivity index (χ2n) is 4.50. The van der Waals surface area contributed by atoms with E-state index in [1.54, 1.807) is 6.07 Å². The van der Waals surface area contributed by atoms with E-state index >= 15 is 0 Å². The van der Waals surface area contributed by atoms with Crippen LogP contribution in [0.1, 0.15) is 38.3 Å². The van der Waals surface area contributed by atoms with Crippen molar-refractivity contribution in [3.63, 3.8) is 0 Å². The maximum Gasteiger partial charge on any atom is 0.306 e. The van der Waals surface area contributed by atoms with E-state index in [2.05, 4.69) is 17.0 Å². The lowest BCUT2D eigenvalue weighted by molar-refractivity contribution is -0.140. The Bertz CT molecular complexity index is 440. The van der Waals surface area contributed by atoms with Gasteiger partial charge in [-0.1, -0.05) is 13.0 Å². The Kier molecular flexibility index (Phi) is 7.62. The number of rotatable bonds is 8. The second-order valence-corrected chi connectivity index (χ2v) is 5.64. The first-order chi connectivity index (χ1) is 9.60. The van der Waals surface area contributed by atoms with Gasteiger partial charge in [-0.25, -0.2) is 4.39 Å². The Balaban J connectivity index is 2.74. The van der Waals surface area contributed by atoms with Crippen LogP contribution >= 0.6 is 11.8 Å². The molecular formula is C15H22FNO2S. The van der Waals surface area contributed by atoms with E-state index in [0.717, 1.165) is 17.9 Å². The van der Waals surface area contributed by atoms with Crippen molar-refractivity contribution in [1.82, 2.24) is 5.32 Å². The first kappa shape index (κ1) is 17.0. The molecule has 0 bridgehead atoms. The molecule has 0 fully saturated rings. The van der Waals surface area contributed by atoms with Crippen molar-refractivity contribution in [2.45, 2.75) is 37.6 Å². The van der Waals surface area contributed by atoms with E-state index in [9.17, 15) is 9.18 Å². The molecule has 0 aliphatic heterocycles. The number of nitrogens with one attached hydrogen (secondary N) is 1. The standard InChI is InChI=1S/C15H22FNO2S/c1-4-9-17-11(2)15-12(16)6-5-7-13(15)20-10-8-14(18)19-3/h5-7,11,17H,4,8-10H2,1-3H3. The van der Waals surface area contributed by atoms with E-state index in [-0.39, 0.29) is 17.8 Å². The number of halogens is 1. The molecule has 0 saturated carbocycles. The lowest BCUT2D eigenvalue weighted by Crippen LogP contribution is -2.21. The monoisotopic (exact) mass is 299 g/mol. The number of thioether (sulfide) groups is 1. The fourth-order valence-corrected chi connectivity index (χ4v) is 2.97. The summed E-state index contributed by atoms with van der Waals surface area (Å²) in [5, 5.41) is 3.30. The molecule has 1 aromatic carbocycles. The summed E-state index contributed by atoms with van der Waals surface area (Å²) < 4.78 is 18.6. The Morgan fingerprint density at radius 1 is 1.50 bits per heavy atom. The molecule has 1 aromatic rings. The predicted molar refractivity (Wildman–Crippen MR) is 80.5 cm³/mol. The summed E-state index contributed by atoms with van der Waals surface area (Å²) in [6, 6.07) is 5.02. The minimum absolute atomic E-state index is 0.0447. The Hall–Kier alpha value is -1.07. The highest BCUT2D eigenvalue weighted by molar-refractivity contribution is 7.99. The lowest BCUT2D eigenvalue weighted by atomic mass is 10.1. The molecule has 20 heavy (non-hydrogen) atoms. The molecule has 0 aliphatic carbocycles. The smallest absolute Gasteiger partial charge is 0.306 e. The van der Waals surface area contributed by atoms with Crippen molar-refractivity contribution in [2.24, 2.45) is 0 Å². The van der Waals surface area contributed by atoms with Crippen molar-refractivity contribution >= 4 is 17.7 Å². The molecule has 1 unspecified atom stereocenters. The molecule has 1 rings (SSSR count). The highest BCUT2D eigenvalue weighted by Crippen LogP contribution is 2.30. The van der Waals surface area contributed by atoms with Gasteiger partial charge in [0.15, 0.2) is 0 Å². The van der Waals surface area contributed by atoms with Gasteiger partial charge in [-0.05, 0) is 32.0 Å². The van der Waals surface area contributed by atoms with Crippen LogP contribution in [-0.2, 0) is 9.53 Å². The SMILES string of the molecule is CCCNC(C)c1c(F)cccc1SCCC(=O)OC. The minimum atomic E-state index is -0.243. The third-order valence-electron chi connectivity index (χ3n) is 2.94. The molecule has 0 aliphatic rings. The maximum atomic E-state index is 14.0. The Morgan fingerprint density at radius 3 is 2.90 bits per heavy atom. The average Bonchev–Trinajstić information content (AvgIpc) is 2.44. The third-order valence-corrected chi connectivity index (χ3v) is 4.01. The van der Waals surface area contributed by atoms with Crippen molar-refractivity contribution < 1.29 is 13.9 Å². The summed E-state index contributed by atoms with van der Waals surface area (Å²) in [4.78, 5) is 12.0. The van der Waals surface area contributed by atoms with Gasteiger partial charge < -0.3 is 10.1 Å². The summed E-state index contributed by atoms with van der Waals surface area (Å²) >= 11 is 1.49. The first-order valence-electron chi connectivity index (χ1n) is 6.81. The highest BCUT2D eigenvalue weighted by Gasteiger charge is 2.15. The van der Waals surface area contributed by atoms with Crippen LogP contribution < -0.4 is 5.32 Å². The topological polar surface area (TPSA) is 38.3 Å². The van der Waals surface area contributed by atoms with E-state index in [4.69, 9.17) is 0 Å². The van der Waals surface area contributed by atoms with Crippen LogP contribution in [0.15, 0.2) is 23.1 Å². The number of esters is 1. The molecule has 0 saturated heterocycles. The van der Waals surface area contributed by atoms with Crippen LogP contribution in [0.4, 0.5) is 4.39 Å². The van der Waals surface area contributed by atoms with Crippen LogP contribution in [0, 0.1) is 5.82 Å². The van der Waals surface area contributed by atoms with Crippen LogP contribution in [0.5, 0.6) is 0 Å². The van der Waals surface area contributed by atoms with Gasteiger partial charge in [0.05, 0.1) is 13.5 Å². The van der Waals surface area contributed by atoms with Gasteiger partial charge in [0.25, 0.3) is 0 Å². The van der Waals surface area contributed by atoms with Gasteiger partial charge in [-0.3, -0.25) is 4.79 Å². The molecule has 3 nitrogen and oxygen atoms in total. The predicted octanol–water partition coefficient (Wildman–Crippen LogP) is 3.54. The fourth-order valence-electron chi connectivity index (χ4n) is 1.87. The van der Waals surface area contributed by atoms with Crippen LogP contribution in [0.2, 0.25) is 0 Å². The van der Waals surface area contributed by atoms with Gasteiger partial charge in [-0.2, -0.15) is 0 Å². The van der Waals surface area contributed by atoms with Crippen LogP contribution in [0.25, 0.3) is 0 Å². The Labute approximate surface area is 124 Å². The maximum absolute atomic E-state index is 14.0. The van der Waals surface area contributed by atoms with E-state index < -0.39 is 0 Å². The molecule has 0 spiro atoms. The number of carbonyl (C=O) groups excluding carboxylic acids is 1. The molecule has 0 radical (unpaired) electrons. The largest absolute Gasteiger partial charge is 0.469 e. The normalized spacial score (nSPS) is 12.2. The van der Waals surface area contributed by atoms with Gasteiger partial charge in [0.1, 0.15) is 5.82 Å². The minimum Gasteiger partial charge on any atom is -0.469 e. The van der Waals surface area contributed by atoms with Crippen LogP contribution in [0.3, 0.4) is 0 Å². The fraction of sp³-hybridized carbons (Fsp3) is 0.533.